The first kappa shape index (κ1) is 18.2. The molecule has 0 spiro atoms. The summed E-state index contributed by atoms with van der Waals surface area (Å²) in [6, 6.07) is 1.86. The fourth-order valence-electron chi connectivity index (χ4n) is 1.60. The average Bonchev–Trinajstić information content (AvgIpc) is 2.81. The molecule has 0 atom stereocenters. The van der Waals surface area contributed by atoms with Crippen molar-refractivity contribution in [3.63, 3.8) is 0 Å². The van der Waals surface area contributed by atoms with Gasteiger partial charge in [-0.1, -0.05) is 32.6 Å². The zero-order chi connectivity index (χ0) is 16.1. The molecule has 1 rings (SSSR count). The van der Waals surface area contributed by atoms with Gasteiger partial charge in [-0.25, -0.2) is 12.7 Å². The van der Waals surface area contributed by atoms with Gasteiger partial charge in [0.05, 0.1) is 10.6 Å². The van der Waals surface area contributed by atoms with Crippen molar-refractivity contribution in [3.8, 4) is 11.8 Å². The van der Waals surface area contributed by atoms with Crippen LogP contribution in [0.5, 0.6) is 0 Å². The molecule has 0 fully saturated rings. The molecule has 0 saturated heterocycles. The number of hydrogen-bond donors (Lipinski definition) is 1. The van der Waals surface area contributed by atoms with Gasteiger partial charge in [-0.3, -0.25) is 0 Å². The molecule has 6 heteroatoms. The maximum absolute atomic E-state index is 12.2. The third-order valence-electron chi connectivity index (χ3n) is 2.93. The van der Waals surface area contributed by atoms with Gasteiger partial charge in [0, 0.05) is 13.6 Å². The molecule has 0 radical (unpaired) electrons. The lowest BCUT2D eigenvalue weighted by Gasteiger charge is -2.21. The Balaban J connectivity index is 2.67. The highest BCUT2D eigenvalue weighted by Crippen LogP contribution is 2.21. The minimum atomic E-state index is -3.24. The van der Waals surface area contributed by atoms with Gasteiger partial charge in [0.1, 0.15) is 6.61 Å². The maximum atomic E-state index is 12.2. The van der Waals surface area contributed by atoms with E-state index in [2.05, 4.69) is 11.8 Å². The summed E-state index contributed by atoms with van der Waals surface area (Å²) >= 11 is 1.45. The molecule has 0 bridgehead atoms. The number of nitrogens with zero attached hydrogens (tertiary/aromatic N) is 1. The number of sulfonamides is 1. The summed E-state index contributed by atoms with van der Waals surface area (Å²) in [6.07, 6.45) is 0.635. The largest absolute Gasteiger partial charge is 0.384 e. The van der Waals surface area contributed by atoms with Crippen molar-refractivity contribution in [1.29, 1.82) is 0 Å². The van der Waals surface area contributed by atoms with E-state index in [1.807, 2.05) is 32.2 Å². The molecule has 0 amide bonds. The zero-order valence-corrected chi connectivity index (χ0v) is 14.6. The zero-order valence-electron chi connectivity index (χ0n) is 13.0. The van der Waals surface area contributed by atoms with Crippen LogP contribution in [-0.4, -0.2) is 37.2 Å². The lowest BCUT2D eigenvalue weighted by atomic mass is 9.94. The lowest BCUT2D eigenvalue weighted by Crippen LogP contribution is -2.30. The second kappa shape index (κ2) is 7.41. The molecule has 0 aliphatic heterocycles. The van der Waals surface area contributed by atoms with Gasteiger partial charge in [-0.15, -0.1) is 11.3 Å². The summed E-state index contributed by atoms with van der Waals surface area (Å²) in [6.45, 7) is 6.28. The van der Waals surface area contributed by atoms with E-state index in [9.17, 15) is 8.42 Å². The SMILES string of the molecule is CN(Cc1csc(C#CCO)c1)S(=O)(=O)CCC(C)(C)C. The van der Waals surface area contributed by atoms with Crippen LogP contribution < -0.4 is 0 Å². The molecule has 1 aromatic heterocycles. The topological polar surface area (TPSA) is 57.6 Å². The third kappa shape index (κ3) is 6.62. The van der Waals surface area contributed by atoms with Gasteiger partial charge in [-0.05, 0) is 28.8 Å². The highest BCUT2D eigenvalue weighted by atomic mass is 32.2. The maximum Gasteiger partial charge on any atom is 0.214 e. The van der Waals surface area contributed by atoms with Crippen LogP contribution in [0.3, 0.4) is 0 Å². The number of thiophene rings is 1. The third-order valence-corrected chi connectivity index (χ3v) is 5.63. The van der Waals surface area contributed by atoms with Gasteiger partial charge in [0.2, 0.25) is 10.0 Å². The molecule has 21 heavy (non-hydrogen) atoms. The highest BCUT2D eigenvalue weighted by molar-refractivity contribution is 7.89. The van der Waals surface area contributed by atoms with Crippen LogP contribution in [0.25, 0.3) is 0 Å². The molecule has 4 nitrogen and oxygen atoms in total. The van der Waals surface area contributed by atoms with Crippen molar-refractivity contribution in [2.24, 2.45) is 5.41 Å². The molecule has 1 aromatic rings. The van der Waals surface area contributed by atoms with Crippen molar-refractivity contribution in [2.75, 3.05) is 19.4 Å². The second-order valence-electron chi connectivity index (χ2n) is 6.16. The molecule has 0 saturated carbocycles. The van der Waals surface area contributed by atoms with Crippen LogP contribution in [0.15, 0.2) is 11.4 Å². The lowest BCUT2D eigenvalue weighted by molar-refractivity contribution is 0.350. The number of aliphatic hydroxyl groups excluding tert-OH is 1. The fraction of sp³-hybridized carbons (Fsp3) is 0.600. The molecule has 118 valence electrons. The summed E-state index contributed by atoms with van der Waals surface area (Å²) in [4.78, 5) is 0.833. The first-order chi connectivity index (χ1) is 9.64. The van der Waals surface area contributed by atoms with Gasteiger partial charge in [-0.2, -0.15) is 0 Å². The van der Waals surface area contributed by atoms with Crippen LogP contribution in [-0.2, 0) is 16.6 Å². The Morgan fingerprint density at radius 1 is 1.38 bits per heavy atom. The minimum Gasteiger partial charge on any atom is -0.384 e. The Hall–Kier alpha value is -0.870. The van der Waals surface area contributed by atoms with Crippen LogP contribution in [0.4, 0.5) is 0 Å². The molecular weight excluding hydrogens is 306 g/mol. The summed E-state index contributed by atoms with van der Waals surface area (Å²) < 4.78 is 25.9. The van der Waals surface area contributed by atoms with Crippen molar-refractivity contribution < 1.29 is 13.5 Å². The number of aliphatic hydroxyl groups is 1. The van der Waals surface area contributed by atoms with E-state index in [1.54, 1.807) is 7.05 Å². The van der Waals surface area contributed by atoms with Gasteiger partial charge < -0.3 is 5.11 Å². The molecule has 0 aromatic carbocycles. The van der Waals surface area contributed by atoms with Crippen LogP contribution in [0.2, 0.25) is 0 Å². The van der Waals surface area contributed by atoms with Crippen molar-refractivity contribution in [1.82, 2.24) is 4.31 Å². The Labute approximate surface area is 131 Å². The Morgan fingerprint density at radius 3 is 2.62 bits per heavy atom. The van der Waals surface area contributed by atoms with Gasteiger partial charge in [0.25, 0.3) is 0 Å². The van der Waals surface area contributed by atoms with E-state index < -0.39 is 10.0 Å². The Bertz CT molecular complexity index is 615. The smallest absolute Gasteiger partial charge is 0.214 e. The Kier molecular flexibility index (Phi) is 6.41. The average molecular weight is 329 g/mol. The standard InChI is InChI=1S/C15H23NO3S2/c1-15(2,3)7-9-21(18,19)16(4)11-13-10-14(20-12-13)6-5-8-17/h10,12,17H,7-9,11H2,1-4H3. The van der Waals surface area contributed by atoms with Crippen molar-refractivity contribution in [3.05, 3.63) is 21.9 Å². The van der Waals surface area contributed by atoms with E-state index in [4.69, 9.17) is 5.11 Å². The summed E-state index contributed by atoms with van der Waals surface area (Å²) in [5.41, 5.74) is 0.924. The Morgan fingerprint density at radius 2 is 2.05 bits per heavy atom. The monoisotopic (exact) mass is 329 g/mol. The van der Waals surface area contributed by atoms with Crippen LogP contribution in [0.1, 0.15) is 37.6 Å². The van der Waals surface area contributed by atoms with E-state index in [0.717, 1.165) is 10.4 Å². The quantitative estimate of drug-likeness (QED) is 0.843. The highest BCUT2D eigenvalue weighted by Gasteiger charge is 2.22. The summed E-state index contributed by atoms with van der Waals surface area (Å²) in [7, 11) is -1.63. The fourth-order valence-corrected chi connectivity index (χ4v) is 3.90. The van der Waals surface area contributed by atoms with Crippen molar-refractivity contribution in [2.45, 2.75) is 33.7 Å². The van der Waals surface area contributed by atoms with Gasteiger partial charge in [0.15, 0.2) is 0 Å². The van der Waals surface area contributed by atoms with E-state index in [0.29, 0.717) is 13.0 Å². The molecule has 1 N–H and O–H groups in total. The molecule has 0 aliphatic carbocycles. The molecule has 1 heterocycles. The molecule has 0 aliphatic rings. The van der Waals surface area contributed by atoms with Crippen LogP contribution in [0, 0.1) is 17.3 Å². The summed E-state index contributed by atoms with van der Waals surface area (Å²) in [5, 5.41) is 10.6. The van der Waals surface area contributed by atoms with Crippen molar-refractivity contribution >= 4 is 21.4 Å². The first-order valence-electron chi connectivity index (χ1n) is 6.75. The van der Waals surface area contributed by atoms with Crippen LogP contribution >= 0.6 is 11.3 Å². The number of hydrogen-bond acceptors (Lipinski definition) is 4. The van der Waals surface area contributed by atoms with Gasteiger partial charge >= 0.3 is 0 Å². The molecular formula is C15H23NO3S2. The minimum absolute atomic E-state index is 0.00332. The second-order valence-corrected chi connectivity index (χ2v) is 9.27. The predicted octanol–water partition coefficient (Wildman–Crippen LogP) is 2.29. The predicted molar refractivity (Wildman–Crippen MR) is 87.6 cm³/mol. The van der Waals surface area contributed by atoms with E-state index in [1.165, 1.54) is 15.6 Å². The normalized spacial score (nSPS) is 12.3. The first-order valence-corrected chi connectivity index (χ1v) is 9.24. The van der Waals surface area contributed by atoms with E-state index >= 15 is 0 Å². The number of rotatable bonds is 5. The van der Waals surface area contributed by atoms with E-state index in [-0.39, 0.29) is 17.8 Å². The summed E-state index contributed by atoms with van der Waals surface area (Å²) in [5.74, 6) is 5.57. The molecule has 0 unspecified atom stereocenters.